The molecule has 1 aromatic heterocycles. The maximum absolute atomic E-state index is 13.4. The number of nitrogens with zero attached hydrogens (tertiary/aromatic N) is 3. The molecule has 158 valence electrons. The van der Waals surface area contributed by atoms with E-state index in [9.17, 15) is 14.4 Å². The molecule has 0 unspecified atom stereocenters. The van der Waals surface area contributed by atoms with Crippen molar-refractivity contribution in [2.24, 2.45) is 0 Å². The van der Waals surface area contributed by atoms with Crippen LogP contribution in [0.4, 0.5) is 0 Å². The molecule has 2 amide bonds. The molecule has 2 heterocycles. The van der Waals surface area contributed by atoms with E-state index in [1.165, 1.54) is 22.8 Å². The summed E-state index contributed by atoms with van der Waals surface area (Å²) in [5.74, 6) is -1.14. The fourth-order valence-corrected chi connectivity index (χ4v) is 4.24. The number of halogens is 3. The molecule has 0 radical (unpaired) electrons. The second kappa shape index (κ2) is 7.74. The van der Waals surface area contributed by atoms with Crippen LogP contribution >= 0.6 is 34.8 Å². The van der Waals surface area contributed by atoms with E-state index in [-0.39, 0.29) is 22.4 Å². The van der Waals surface area contributed by atoms with E-state index in [0.29, 0.717) is 32.7 Å². The third-order valence-corrected chi connectivity index (χ3v) is 6.18. The Morgan fingerprint density at radius 3 is 2.16 bits per heavy atom. The lowest BCUT2D eigenvalue weighted by atomic mass is 10.1. The van der Waals surface area contributed by atoms with Gasteiger partial charge < -0.3 is 0 Å². The first-order chi connectivity index (χ1) is 15.3. The Morgan fingerprint density at radius 2 is 1.50 bits per heavy atom. The van der Waals surface area contributed by atoms with Crippen molar-refractivity contribution >= 4 is 63.6 Å². The molecule has 1 aliphatic rings. The summed E-state index contributed by atoms with van der Waals surface area (Å²) >= 11 is 18.4. The first-order valence-electron chi connectivity index (χ1n) is 9.47. The van der Waals surface area contributed by atoms with Gasteiger partial charge in [-0.2, -0.15) is 0 Å². The summed E-state index contributed by atoms with van der Waals surface area (Å²) in [6, 6.07) is 16.1. The smallest absolute Gasteiger partial charge is 0.263 e. The number of carbonyl (C=O) groups is 3. The summed E-state index contributed by atoms with van der Waals surface area (Å²) in [5.41, 5.74) is 1.74. The van der Waals surface area contributed by atoms with Gasteiger partial charge in [0, 0.05) is 10.6 Å². The predicted molar refractivity (Wildman–Crippen MR) is 122 cm³/mol. The third kappa shape index (κ3) is 3.28. The standard InChI is InChI=1S/C23H12Cl3N3O3/c24-13-5-3-4-12(8-13)21(30)29-19-10-17(26)16(25)9-18(19)27-20(29)11-28-22(31)14-6-1-2-7-15(14)23(28)32/h1-10H,11H2. The number of amides is 2. The Labute approximate surface area is 196 Å². The van der Waals surface area contributed by atoms with E-state index in [1.54, 1.807) is 42.5 Å². The number of hydrogen-bond acceptors (Lipinski definition) is 4. The van der Waals surface area contributed by atoms with Crippen molar-refractivity contribution < 1.29 is 14.4 Å². The molecule has 3 aromatic carbocycles. The Bertz CT molecular complexity index is 1430. The molecular weight excluding hydrogens is 473 g/mol. The van der Waals surface area contributed by atoms with E-state index >= 15 is 0 Å². The molecule has 0 aliphatic carbocycles. The number of imide groups is 1. The topological polar surface area (TPSA) is 72.3 Å². The van der Waals surface area contributed by atoms with Gasteiger partial charge in [-0.25, -0.2) is 4.98 Å². The Hall–Kier alpha value is -3.19. The van der Waals surface area contributed by atoms with Crippen LogP contribution in [0.1, 0.15) is 36.9 Å². The van der Waals surface area contributed by atoms with Gasteiger partial charge in [0.2, 0.25) is 0 Å². The van der Waals surface area contributed by atoms with Crippen LogP contribution in [0.15, 0.2) is 60.7 Å². The van der Waals surface area contributed by atoms with Crippen molar-refractivity contribution in [3.05, 3.63) is 98.2 Å². The molecule has 0 atom stereocenters. The zero-order valence-corrected chi connectivity index (χ0v) is 18.4. The number of benzene rings is 3. The minimum absolute atomic E-state index is 0.192. The highest BCUT2D eigenvalue weighted by Gasteiger charge is 2.36. The molecule has 0 fully saturated rings. The number of hydrogen-bond donors (Lipinski definition) is 0. The molecule has 32 heavy (non-hydrogen) atoms. The van der Waals surface area contributed by atoms with Gasteiger partial charge in [-0.3, -0.25) is 23.9 Å². The van der Waals surface area contributed by atoms with Crippen molar-refractivity contribution in [2.45, 2.75) is 6.54 Å². The molecule has 6 nitrogen and oxygen atoms in total. The number of rotatable bonds is 3. The second-order valence-electron chi connectivity index (χ2n) is 7.18. The highest BCUT2D eigenvalue weighted by Crippen LogP contribution is 2.31. The summed E-state index contributed by atoms with van der Waals surface area (Å²) < 4.78 is 1.33. The van der Waals surface area contributed by atoms with Crippen LogP contribution in [0, 0.1) is 0 Å². The molecule has 9 heteroatoms. The summed E-state index contributed by atoms with van der Waals surface area (Å²) in [6.07, 6.45) is 0. The average Bonchev–Trinajstić information content (AvgIpc) is 3.24. The molecule has 0 bridgehead atoms. The Balaban J connectivity index is 1.65. The van der Waals surface area contributed by atoms with E-state index in [4.69, 9.17) is 34.8 Å². The predicted octanol–water partition coefficient (Wildman–Crippen LogP) is 5.48. The van der Waals surface area contributed by atoms with Crippen LogP contribution in [-0.4, -0.2) is 32.2 Å². The van der Waals surface area contributed by atoms with Crippen LogP contribution in [0.25, 0.3) is 11.0 Å². The monoisotopic (exact) mass is 483 g/mol. The number of imidazole rings is 1. The van der Waals surface area contributed by atoms with Gasteiger partial charge >= 0.3 is 0 Å². The first kappa shape index (κ1) is 20.7. The quantitative estimate of drug-likeness (QED) is 0.361. The number of aromatic nitrogens is 2. The molecule has 0 saturated heterocycles. The highest BCUT2D eigenvalue weighted by atomic mass is 35.5. The van der Waals surface area contributed by atoms with Gasteiger partial charge in [-0.15, -0.1) is 0 Å². The molecule has 5 rings (SSSR count). The molecule has 0 spiro atoms. The van der Waals surface area contributed by atoms with Crippen molar-refractivity contribution in [3.8, 4) is 0 Å². The SMILES string of the molecule is O=C1c2ccccc2C(=O)N1Cc1nc2cc(Cl)c(Cl)cc2n1C(=O)c1cccc(Cl)c1. The van der Waals surface area contributed by atoms with Crippen LogP contribution in [-0.2, 0) is 6.54 Å². The zero-order chi connectivity index (χ0) is 22.6. The maximum atomic E-state index is 13.4. The Morgan fingerprint density at radius 1 is 0.844 bits per heavy atom. The molecule has 0 N–H and O–H groups in total. The lowest BCUT2D eigenvalue weighted by Crippen LogP contribution is -2.31. The normalized spacial score (nSPS) is 13.2. The van der Waals surface area contributed by atoms with Gasteiger partial charge in [-0.05, 0) is 42.5 Å². The van der Waals surface area contributed by atoms with Crippen LogP contribution in [0.2, 0.25) is 15.1 Å². The highest BCUT2D eigenvalue weighted by molar-refractivity contribution is 6.42. The number of fused-ring (bicyclic) bond motifs is 2. The van der Waals surface area contributed by atoms with Gasteiger partial charge in [-0.1, -0.05) is 53.0 Å². The van der Waals surface area contributed by atoms with Gasteiger partial charge in [0.25, 0.3) is 17.7 Å². The number of carbonyl (C=O) groups excluding carboxylic acids is 3. The Kier molecular flexibility index (Phi) is 5.01. The van der Waals surface area contributed by atoms with E-state index in [0.717, 1.165) is 4.90 Å². The third-order valence-electron chi connectivity index (χ3n) is 5.22. The van der Waals surface area contributed by atoms with E-state index in [1.807, 2.05) is 0 Å². The van der Waals surface area contributed by atoms with Gasteiger partial charge in [0.1, 0.15) is 5.82 Å². The summed E-state index contributed by atoms with van der Waals surface area (Å²) in [5, 5.41) is 0.904. The summed E-state index contributed by atoms with van der Waals surface area (Å²) in [4.78, 5) is 44.7. The average molecular weight is 485 g/mol. The van der Waals surface area contributed by atoms with Crippen molar-refractivity contribution in [1.82, 2.24) is 14.5 Å². The van der Waals surface area contributed by atoms with E-state index < -0.39 is 17.7 Å². The fraction of sp³-hybridized carbons (Fsp3) is 0.0435. The largest absolute Gasteiger partial charge is 0.269 e. The van der Waals surface area contributed by atoms with Crippen molar-refractivity contribution in [3.63, 3.8) is 0 Å². The van der Waals surface area contributed by atoms with E-state index in [2.05, 4.69) is 4.98 Å². The molecule has 1 aliphatic heterocycles. The maximum Gasteiger partial charge on any atom is 0.263 e. The minimum atomic E-state index is -0.449. The van der Waals surface area contributed by atoms with Gasteiger partial charge in [0.05, 0.1) is 38.8 Å². The lowest BCUT2D eigenvalue weighted by Gasteiger charge is -2.15. The van der Waals surface area contributed by atoms with Crippen LogP contribution in [0.5, 0.6) is 0 Å². The summed E-state index contributed by atoms with van der Waals surface area (Å²) in [7, 11) is 0. The fourth-order valence-electron chi connectivity index (χ4n) is 3.73. The second-order valence-corrected chi connectivity index (χ2v) is 8.43. The first-order valence-corrected chi connectivity index (χ1v) is 10.6. The molecular formula is C23H12Cl3N3O3. The lowest BCUT2D eigenvalue weighted by molar-refractivity contribution is 0.0633. The molecule has 0 saturated carbocycles. The molecule has 4 aromatic rings. The van der Waals surface area contributed by atoms with Gasteiger partial charge in [0.15, 0.2) is 0 Å². The van der Waals surface area contributed by atoms with Crippen LogP contribution < -0.4 is 0 Å². The van der Waals surface area contributed by atoms with Crippen molar-refractivity contribution in [1.29, 1.82) is 0 Å². The minimum Gasteiger partial charge on any atom is -0.269 e. The zero-order valence-electron chi connectivity index (χ0n) is 16.2. The van der Waals surface area contributed by atoms with Crippen LogP contribution in [0.3, 0.4) is 0 Å². The summed E-state index contributed by atoms with van der Waals surface area (Å²) in [6.45, 7) is -0.206. The van der Waals surface area contributed by atoms with Crippen molar-refractivity contribution in [2.75, 3.05) is 0 Å².